The Hall–Kier alpha value is -3.40. The summed E-state index contributed by atoms with van der Waals surface area (Å²) in [5.41, 5.74) is 0.409. The number of aliphatic hydroxyl groups is 1. The van der Waals surface area contributed by atoms with Crippen LogP contribution in [0, 0.1) is 23.2 Å². The Labute approximate surface area is 177 Å². The predicted octanol–water partition coefficient (Wildman–Crippen LogP) is 1.98. The molecule has 0 saturated heterocycles. The van der Waals surface area contributed by atoms with Gasteiger partial charge in [0.25, 0.3) is 5.88 Å². The van der Waals surface area contributed by atoms with E-state index in [9.17, 15) is 10.4 Å². The minimum Gasteiger partial charge on any atom is -0.471 e. The normalized spacial score (nSPS) is 11.8. The summed E-state index contributed by atoms with van der Waals surface area (Å²) in [6, 6.07) is 3.76. The third-order valence-electron chi connectivity index (χ3n) is 3.71. The van der Waals surface area contributed by atoms with Crippen LogP contribution in [0.4, 0.5) is 17.3 Å². The van der Waals surface area contributed by atoms with Crippen LogP contribution >= 0.6 is 0 Å². The molecule has 2 heterocycles. The molecule has 2 aromatic heterocycles. The largest absolute Gasteiger partial charge is 0.471 e. The van der Waals surface area contributed by atoms with Crippen LogP contribution in [0.15, 0.2) is 18.5 Å². The second-order valence-electron chi connectivity index (χ2n) is 7.51. The number of aromatic nitrogens is 3. The van der Waals surface area contributed by atoms with Crippen molar-refractivity contribution >= 4 is 17.3 Å². The van der Waals surface area contributed by atoms with E-state index in [-0.39, 0.29) is 17.7 Å². The highest BCUT2D eigenvalue weighted by Gasteiger charge is 2.14. The fourth-order valence-corrected chi connectivity index (χ4v) is 2.51. The van der Waals surface area contributed by atoms with Crippen molar-refractivity contribution in [2.75, 3.05) is 38.3 Å². The highest BCUT2D eigenvalue weighted by atomic mass is 16.5. The Morgan fingerprint density at radius 2 is 2.00 bits per heavy atom. The van der Waals surface area contributed by atoms with Gasteiger partial charge in [0, 0.05) is 25.9 Å². The maximum absolute atomic E-state index is 9.79. The average molecular weight is 409 g/mol. The van der Waals surface area contributed by atoms with E-state index in [2.05, 4.69) is 37.4 Å². The van der Waals surface area contributed by atoms with Gasteiger partial charge in [0.1, 0.15) is 23.6 Å². The Kier molecular flexibility index (Phi) is 7.54. The molecule has 0 aromatic carbocycles. The molecule has 0 amide bonds. The molecule has 0 fully saturated rings. The van der Waals surface area contributed by atoms with Gasteiger partial charge in [-0.05, 0) is 34.9 Å². The van der Waals surface area contributed by atoms with E-state index < -0.39 is 5.60 Å². The first-order valence-corrected chi connectivity index (χ1v) is 9.40. The monoisotopic (exact) mass is 409 g/mol. The number of hydrogen-bond donors (Lipinski definition) is 3. The minimum absolute atomic E-state index is 0.118. The Morgan fingerprint density at radius 1 is 1.27 bits per heavy atom. The quantitative estimate of drug-likeness (QED) is 0.590. The van der Waals surface area contributed by atoms with Gasteiger partial charge in [-0.25, -0.2) is 9.97 Å². The van der Waals surface area contributed by atoms with Gasteiger partial charge >= 0.3 is 0 Å². The summed E-state index contributed by atoms with van der Waals surface area (Å²) in [5, 5.41) is 25.2. The summed E-state index contributed by atoms with van der Waals surface area (Å²) in [7, 11) is 5.65. The van der Waals surface area contributed by atoms with Crippen molar-refractivity contribution < 1.29 is 9.84 Å². The molecule has 30 heavy (non-hydrogen) atoms. The van der Waals surface area contributed by atoms with E-state index in [1.54, 1.807) is 33.2 Å². The molecule has 9 heteroatoms. The van der Waals surface area contributed by atoms with Crippen LogP contribution < -0.4 is 15.4 Å². The van der Waals surface area contributed by atoms with Crippen molar-refractivity contribution in [3.05, 3.63) is 29.7 Å². The number of ether oxygens (including phenoxy) is 1. The lowest BCUT2D eigenvalue weighted by Gasteiger charge is -2.18. The smallest absolute Gasteiger partial charge is 0.253 e. The van der Waals surface area contributed by atoms with Gasteiger partial charge in [0.15, 0.2) is 5.82 Å². The molecule has 0 saturated carbocycles. The summed E-state index contributed by atoms with van der Waals surface area (Å²) in [4.78, 5) is 14.8. The first-order chi connectivity index (χ1) is 14.1. The number of pyridine rings is 1. The van der Waals surface area contributed by atoms with Crippen molar-refractivity contribution in [3.63, 3.8) is 0 Å². The van der Waals surface area contributed by atoms with Gasteiger partial charge < -0.3 is 25.4 Å². The summed E-state index contributed by atoms with van der Waals surface area (Å²) in [6.45, 7) is 5.80. The predicted molar refractivity (Wildman–Crippen MR) is 116 cm³/mol. The van der Waals surface area contributed by atoms with Crippen molar-refractivity contribution in [2.45, 2.75) is 32.5 Å². The van der Waals surface area contributed by atoms with Gasteiger partial charge in [-0.3, -0.25) is 0 Å². The Bertz CT molecular complexity index is 982. The zero-order valence-corrected chi connectivity index (χ0v) is 18.1. The SMILES string of the molecule is CNc1cc(Nc2cnc(C#N)c(O[C@H](C)CN(C)C)n2)ncc1C#CC(C)(C)O. The molecule has 9 nitrogen and oxygen atoms in total. The second-order valence-corrected chi connectivity index (χ2v) is 7.51. The number of nitrogens with one attached hydrogen (secondary N) is 2. The number of anilines is 3. The molecule has 0 radical (unpaired) electrons. The fraction of sp³-hybridized carbons (Fsp3) is 0.429. The highest BCUT2D eigenvalue weighted by molar-refractivity contribution is 5.65. The third kappa shape index (κ3) is 6.89. The van der Waals surface area contributed by atoms with Crippen molar-refractivity contribution in [1.82, 2.24) is 19.9 Å². The average Bonchev–Trinajstić information content (AvgIpc) is 2.65. The molecule has 0 unspecified atom stereocenters. The van der Waals surface area contributed by atoms with E-state index in [0.29, 0.717) is 23.7 Å². The molecule has 2 aromatic rings. The summed E-state index contributed by atoms with van der Waals surface area (Å²) in [5.74, 6) is 6.75. The van der Waals surface area contributed by atoms with Crippen molar-refractivity contribution in [1.29, 1.82) is 5.26 Å². The van der Waals surface area contributed by atoms with Gasteiger partial charge in [-0.15, -0.1) is 0 Å². The molecule has 0 aliphatic rings. The molecule has 0 bridgehead atoms. The molecule has 1 atom stereocenters. The van der Waals surface area contributed by atoms with Gasteiger partial charge in [0.2, 0.25) is 5.69 Å². The molecule has 0 spiro atoms. The van der Waals surface area contributed by atoms with Crippen LogP contribution in [-0.2, 0) is 0 Å². The summed E-state index contributed by atoms with van der Waals surface area (Å²) >= 11 is 0. The van der Waals surface area contributed by atoms with Crippen LogP contribution in [0.2, 0.25) is 0 Å². The zero-order chi connectivity index (χ0) is 22.3. The minimum atomic E-state index is -1.10. The van der Waals surface area contributed by atoms with Crippen molar-refractivity contribution in [3.8, 4) is 23.8 Å². The second kappa shape index (κ2) is 9.88. The van der Waals surface area contributed by atoms with E-state index in [1.807, 2.05) is 32.0 Å². The molecule has 0 aliphatic carbocycles. The standard InChI is InChI=1S/C21H27N7O2/c1-14(13-28(5)6)30-20-17(10-22)24-12-19(27-20)26-18-9-16(23-4)15(11-25-18)7-8-21(2,3)29/h9,11-12,14,29H,13H2,1-6H3,(H2,23,25,26,27)/t14-/m1/s1. The van der Waals surface area contributed by atoms with E-state index in [1.165, 1.54) is 6.20 Å². The molecular weight excluding hydrogens is 382 g/mol. The van der Waals surface area contributed by atoms with Crippen LogP contribution in [0.1, 0.15) is 32.0 Å². The number of hydrogen-bond acceptors (Lipinski definition) is 9. The van der Waals surface area contributed by atoms with Crippen LogP contribution in [-0.4, -0.2) is 64.4 Å². The van der Waals surface area contributed by atoms with Crippen LogP contribution in [0.3, 0.4) is 0 Å². The Balaban J connectivity index is 2.26. The van der Waals surface area contributed by atoms with E-state index in [4.69, 9.17) is 4.74 Å². The number of rotatable bonds is 7. The topological polar surface area (TPSA) is 119 Å². The third-order valence-corrected chi connectivity index (χ3v) is 3.71. The number of likely N-dealkylation sites (N-methyl/N-ethyl adjacent to an activating group) is 1. The Morgan fingerprint density at radius 3 is 2.60 bits per heavy atom. The van der Waals surface area contributed by atoms with Crippen LogP contribution in [0.25, 0.3) is 0 Å². The summed E-state index contributed by atoms with van der Waals surface area (Å²) < 4.78 is 5.80. The molecule has 2 rings (SSSR count). The van der Waals surface area contributed by atoms with Gasteiger partial charge in [-0.2, -0.15) is 10.2 Å². The highest BCUT2D eigenvalue weighted by Crippen LogP contribution is 2.22. The zero-order valence-electron chi connectivity index (χ0n) is 18.1. The molecule has 3 N–H and O–H groups in total. The fourth-order valence-electron chi connectivity index (χ4n) is 2.51. The summed E-state index contributed by atoms with van der Waals surface area (Å²) in [6.07, 6.45) is 2.88. The molecule has 158 valence electrons. The lowest BCUT2D eigenvalue weighted by Crippen LogP contribution is -2.28. The van der Waals surface area contributed by atoms with E-state index in [0.717, 1.165) is 5.69 Å². The molecule has 0 aliphatic heterocycles. The molecular formula is C21H27N7O2. The maximum Gasteiger partial charge on any atom is 0.253 e. The lowest BCUT2D eigenvalue weighted by molar-refractivity contribution is 0.143. The van der Waals surface area contributed by atoms with Gasteiger partial charge in [-0.1, -0.05) is 11.8 Å². The lowest BCUT2D eigenvalue weighted by atomic mass is 10.1. The first-order valence-electron chi connectivity index (χ1n) is 9.40. The van der Waals surface area contributed by atoms with Crippen LogP contribution in [0.5, 0.6) is 5.88 Å². The van der Waals surface area contributed by atoms with Gasteiger partial charge in [0.05, 0.1) is 17.4 Å². The van der Waals surface area contributed by atoms with E-state index >= 15 is 0 Å². The number of nitrogens with zero attached hydrogens (tertiary/aromatic N) is 5. The van der Waals surface area contributed by atoms with Crippen molar-refractivity contribution in [2.24, 2.45) is 0 Å². The number of nitriles is 1. The first kappa shape index (κ1) is 22.9. The maximum atomic E-state index is 9.79.